The van der Waals surface area contributed by atoms with E-state index in [-0.39, 0.29) is 41.1 Å². The van der Waals surface area contributed by atoms with Gasteiger partial charge >= 0.3 is 0 Å². The highest BCUT2D eigenvalue weighted by atomic mass is 32.2. The van der Waals surface area contributed by atoms with Gasteiger partial charge < -0.3 is 14.0 Å². The number of benzene rings is 1. The van der Waals surface area contributed by atoms with Crippen LogP contribution >= 0.6 is 0 Å². The van der Waals surface area contributed by atoms with Crippen molar-refractivity contribution in [3.8, 4) is 11.5 Å². The highest BCUT2D eigenvalue weighted by Crippen LogP contribution is 2.33. The summed E-state index contributed by atoms with van der Waals surface area (Å²) in [7, 11) is -1.58. The van der Waals surface area contributed by atoms with Gasteiger partial charge in [-0.15, -0.1) is 0 Å². The van der Waals surface area contributed by atoms with Crippen molar-refractivity contribution in [1.29, 1.82) is 0 Å². The molecule has 1 aromatic carbocycles. The summed E-state index contributed by atoms with van der Waals surface area (Å²) in [6.07, 6.45) is 6.61. The Morgan fingerprint density at radius 3 is 2.47 bits per heavy atom. The molecule has 0 saturated carbocycles. The minimum atomic E-state index is -4.07. The third-order valence-corrected chi connectivity index (χ3v) is 6.84. The SMILES string of the molecule is COc1cc(OC)c(F)c(/C=C/c2cnc3c(n2)N(S(=O)(=O)c2cn(CCF)cn2)CC3)c1F. The molecular weight excluding hydrogens is 475 g/mol. The number of rotatable bonds is 8. The largest absolute Gasteiger partial charge is 0.494 e. The monoisotopic (exact) mass is 495 g/mol. The molecular formula is C21H20F3N5O4S. The second kappa shape index (κ2) is 9.33. The summed E-state index contributed by atoms with van der Waals surface area (Å²) in [6.45, 7) is -0.586. The van der Waals surface area contributed by atoms with Gasteiger partial charge in [-0.2, -0.15) is 8.42 Å². The molecule has 0 saturated heterocycles. The van der Waals surface area contributed by atoms with Crippen molar-refractivity contribution in [3.05, 3.63) is 53.4 Å². The quantitative estimate of drug-likeness (QED) is 0.474. The lowest BCUT2D eigenvalue weighted by Crippen LogP contribution is -2.30. The lowest BCUT2D eigenvalue weighted by Gasteiger charge is -2.16. The molecule has 0 fully saturated rings. The van der Waals surface area contributed by atoms with E-state index >= 15 is 0 Å². The maximum Gasteiger partial charge on any atom is 0.284 e. The first-order chi connectivity index (χ1) is 16.3. The van der Waals surface area contributed by atoms with Gasteiger partial charge in [-0.05, 0) is 12.2 Å². The molecule has 0 radical (unpaired) electrons. The fourth-order valence-corrected chi connectivity index (χ4v) is 4.83. The molecule has 0 bridgehead atoms. The standard InChI is InChI=1S/C21H20F3N5O4S/c1-32-16-9-17(33-2)20(24)14(19(16)23)4-3-13-10-25-15-5-7-29(21(15)27-13)34(30,31)18-11-28(8-6-22)12-26-18/h3-4,9-12H,5-8H2,1-2H3/b4-3+. The second-order valence-electron chi connectivity index (χ2n) is 7.19. The summed E-state index contributed by atoms with van der Waals surface area (Å²) in [5.74, 6) is -2.19. The maximum absolute atomic E-state index is 14.6. The van der Waals surface area contributed by atoms with Crippen LogP contribution in [0.3, 0.4) is 0 Å². The molecule has 4 rings (SSSR count). The average Bonchev–Trinajstić information content (AvgIpc) is 3.47. The Morgan fingerprint density at radius 1 is 1.12 bits per heavy atom. The van der Waals surface area contributed by atoms with Crippen LogP contribution in [0.4, 0.5) is 19.0 Å². The smallest absolute Gasteiger partial charge is 0.284 e. The number of ether oxygens (including phenoxy) is 2. The zero-order valence-electron chi connectivity index (χ0n) is 18.2. The molecule has 0 atom stereocenters. The van der Waals surface area contributed by atoms with Crippen molar-refractivity contribution in [3.63, 3.8) is 0 Å². The topological polar surface area (TPSA) is 99.4 Å². The highest BCUT2D eigenvalue weighted by molar-refractivity contribution is 7.92. The summed E-state index contributed by atoms with van der Waals surface area (Å²) in [5.41, 5.74) is 0.204. The molecule has 3 heterocycles. The van der Waals surface area contributed by atoms with Gasteiger partial charge in [-0.3, -0.25) is 4.98 Å². The molecule has 1 aliphatic rings. The Kier molecular flexibility index (Phi) is 6.46. The predicted molar refractivity (Wildman–Crippen MR) is 117 cm³/mol. The summed E-state index contributed by atoms with van der Waals surface area (Å²) in [4.78, 5) is 12.4. The predicted octanol–water partition coefficient (Wildman–Crippen LogP) is 2.86. The van der Waals surface area contributed by atoms with E-state index in [4.69, 9.17) is 9.47 Å². The number of aryl methyl sites for hydroxylation is 1. The highest BCUT2D eigenvalue weighted by Gasteiger charge is 2.34. The number of hydrogen-bond acceptors (Lipinski definition) is 7. The van der Waals surface area contributed by atoms with Crippen LogP contribution in [0.2, 0.25) is 0 Å². The van der Waals surface area contributed by atoms with Crippen molar-refractivity contribution in [2.45, 2.75) is 18.0 Å². The zero-order valence-corrected chi connectivity index (χ0v) is 19.0. The van der Waals surface area contributed by atoms with E-state index < -0.39 is 33.9 Å². The van der Waals surface area contributed by atoms with Crippen LogP contribution in [0.15, 0.2) is 29.8 Å². The molecule has 3 aromatic rings. The molecule has 34 heavy (non-hydrogen) atoms. The van der Waals surface area contributed by atoms with E-state index in [1.165, 1.54) is 43.6 Å². The first-order valence-electron chi connectivity index (χ1n) is 10.0. The van der Waals surface area contributed by atoms with E-state index in [2.05, 4.69) is 15.0 Å². The molecule has 180 valence electrons. The number of anilines is 1. The summed E-state index contributed by atoms with van der Waals surface area (Å²) in [5, 5.41) is -0.246. The van der Waals surface area contributed by atoms with Crippen LogP contribution in [-0.2, 0) is 23.0 Å². The zero-order chi connectivity index (χ0) is 24.5. The van der Waals surface area contributed by atoms with Crippen LogP contribution in [0.5, 0.6) is 11.5 Å². The van der Waals surface area contributed by atoms with E-state index in [1.807, 2.05) is 0 Å². The van der Waals surface area contributed by atoms with Crippen LogP contribution < -0.4 is 13.8 Å². The van der Waals surface area contributed by atoms with E-state index in [0.29, 0.717) is 12.1 Å². The number of nitrogens with zero attached hydrogens (tertiary/aromatic N) is 5. The van der Waals surface area contributed by atoms with Crippen molar-refractivity contribution in [1.82, 2.24) is 19.5 Å². The Hall–Kier alpha value is -3.61. The molecule has 13 heteroatoms. The van der Waals surface area contributed by atoms with Crippen LogP contribution in [0.25, 0.3) is 12.2 Å². The fraction of sp³-hybridized carbons (Fsp3) is 0.286. The van der Waals surface area contributed by atoms with Gasteiger partial charge in [0.1, 0.15) is 6.67 Å². The van der Waals surface area contributed by atoms with Crippen LogP contribution in [0.1, 0.15) is 17.0 Å². The summed E-state index contributed by atoms with van der Waals surface area (Å²) < 4.78 is 80.2. The van der Waals surface area contributed by atoms with Crippen molar-refractivity contribution >= 4 is 28.0 Å². The van der Waals surface area contributed by atoms with Gasteiger partial charge in [-0.25, -0.2) is 27.4 Å². The molecule has 2 aromatic heterocycles. The number of fused-ring (bicyclic) bond motifs is 1. The van der Waals surface area contributed by atoms with E-state index in [9.17, 15) is 21.6 Å². The number of halogens is 3. The Morgan fingerprint density at radius 2 is 1.82 bits per heavy atom. The fourth-order valence-electron chi connectivity index (χ4n) is 3.45. The molecule has 1 aliphatic heterocycles. The Bertz CT molecular complexity index is 1330. The third kappa shape index (κ3) is 4.18. The Labute approximate surface area is 193 Å². The summed E-state index contributed by atoms with van der Waals surface area (Å²) >= 11 is 0. The van der Waals surface area contributed by atoms with Crippen LogP contribution in [-0.4, -0.2) is 55.4 Å². The van der Waals surface area contributed by atoms with E-state index in [1.54, 1.807) is 0 Å². The van der Waals surface area contributed by atoms with Crippen molar-refractivity contribution in [2.24, 2.45) is 0 Å². The third-order valence-electron chi connectivity index (χ3n) is 5.17. The average molecular weight is 495 g/mol. The van der Waals surface area contributed by atoms with Gasteiger partial charge in [0.25, 0.3) is 10.0 Å². The molecule has 0 aliphatic carbocycles. The molecule has 0 N–H and O–H groups in total. The van der Waals surface area contributed by atoms with Gasteiger partial charge in [0.2, 0.25) is 0 Å². The number of hydrogen-bond donors (Lipinski definition) is 0. The lowest BCUT2D eigenvalue weighted by atomic mass is 10.1. The minimum Gasteiger partial charge on any atom is -0.494 e. The number of aromatic nitrogens is 4. The molecule has 0 unspecified atom stereocenters. The van der Waals surface area contributed by atoms with Crippen LogP contribution in [0, 0.1) is 11.6 Å². The normalized spacial score (nSPS) is 13.5. The van der Waals surface area contributed by atoms with Gasteiger partial charge in [0, 0.05) is 25.2 Å². The first kappa shape index (κ1) is 23.5. The molecule has 9 nitrogen and oxygen atoms in total. The first-order valence-corrected chi connectivity index (χ1v) is 11.5. The second-order valence-corrected chi connectivity index (χ2v) is 9.00. The van der Waals surface area contributed by atoms with Crippen molar-refractivity contribution in [2.75, 3.05) is 31.7 Å². The Balaban J connectivity index is 1.67. The number of alkyl halides is 1. The summed E-state index contributed by atoms with van der Waals surface area (Å²) in [6, 6.07) is 1.09. The number of methoxy groups -OCH3 is 2. The molecule has 0 spiro atoms. The number of sulfonamides is 1. The maximum atomic E-state index is 14.6. The van der Waals surface area contributed by atoms with E-state index in [0.717, 1.165) is 16.4 Å². The van der Waals surface area contributed by atoms with Crippen molar-refractivity contribution < 1.29 is 31.1 Å². The lowest BCUT2D eigenvalue weighted by molar-refractivity contribution is 0.357. The van der Waals surface area contributed by atoms with Gasteiger partial charge in [0.05, 0.1) is 50.2 Å². The number of imidazole rings is 1. The van der Waals surface area contributed by atoms with Gasteiger partial charge in [-0.1, -0.05) is 0 Å². The van der Waals surface area contributed by atoms with Gasteiger partial charge in [0.15, 0.2) is 34.0 Å². The molecule has 0 amide bonds. The minimum absolute atomic E-state index is 0.0178.